The number of halogens is 1. The topological polar surface area (TPSA) is 69.2 Å². The molecule has 0 aromatic heterocycles. The molecule has 0 saturated heterocycles. The van der Waals surface area contributed by atoms with Crippen LogP contribution in [0, 0.1) is 5.82 Å². The summed E-state index contributed by atoms with van der Waals surface area (Å²) in [5, 5.41) is 6.01. The van der Waals surface area contributed by atoms with Crippen molar-refractivity contribution in [3.63, 3.8) is 0 Å². The summed E-state index contributed by atoms with van der Waals surface area (Å²) in [6.45, 7) is 2.60. The minimum absolute atomic E-state index is 0.275. The highest BCUT2D eigenvalue weighted by Gasteiger charge is 2.13. The number of nitrogens with zero attached hydrogens (tertiary/aromatic N) is 1. The van der Waals surface area contributed by atoms with Gasteiger partial charge in [-0.1, -0.05) is 36.4 Å². The lowest BCUT2D eigenvalue weighted by Gasteiger charge is -2.12. The van der Waals surface area contributed by atoms with E-state index in [2.05, 4.69) is 10.5 Å². The quantitative estimate of drug-likeness (QED) is 0.250. The van der Waals surface area contributed by atoms with Crippen LogP contribution in [0.15, 0.2) is 84.0 Å². The van der Waals surface area contributed by atoms with Crippen LogP contribution in [-0.4, -0.2) is 25.8 Å². The van der Waals surface area contributed by atoms with E-state index in [0.29, 0.717) is 35.0 Å². The molecule has 0 fully saturated rings. The standard InChI is InChI=1S/C28H25FN2O4/c1-3-34-27-14-20(10-13-25(27)35-18-19-8-11-23(29)12-9-19)17-30-31-28(32)24-15-21-6-4-5-7-22(21)16-26(24)33-2/h4-17H,3,18H2,1-2H3,(H,31,32). The van der Waals surface area contributed by atoms with Crippen LogP contribution in [0.5, 0.6) is 17.2 Å². The number of fused-ring (bicyclic) bond motifs is 1. The zero-order chi connectivity index (χ0) is 24.6. The number of hydrogen-bond acceptors (Lipinski definition) is 5. The summed E-state index contributed by atoms with van der Waals surface area (Å²) < 4.78 is 30.1. The van der Waals surface area contributed by atoms with Crippen LogP contribution >= 0.6 is 0 Å². The minimum atomic E-state index is -0.381. The van der Waals surface area contributed by atoms with Gasteiger partial charge in [0.05, 0.1) is 25.5 Å². The van der Waals surface area contributed by atoms with Crippen molar-refractivity contribution in [3.05, 3.63) is 101 Å². The molecule has 178 valence electrons. The Kier molecular flexibility index (Phi) is 7.57. The number of ether oxygens (including phenoxy) is 3. The van der Waals surface area contributed by atoms with Gasteiger partial charge in [0, 0.05) is 0 Å². The van der Waals surface area contributed by atoms with Gasteiger partial charge in [0.25, 0.3) is 5.91 Å². The van der Waals surface area contributed by atoms with Gasteiger partial charge in [-0.05, 0) is 71.3 Å². The van der Waals surface area contributed by atoms with Crippen molar-refractivity contribution >= 4 is 22.9 Å². The van der Waals surface area contributed by atoms with Crippen molar-refractivity contribution in [3.8, 4) is 17.2 Å². The molecule has 1 N–H and O–H groups in total. The Morgan fingerprint density at radius 1 is 0.914 bits per heavy atom. The third-order valence-corrected chi connectivity index (χ3v) is 5.27. The predicted molar refractivity (Wildman–Crippen MR) is 134 cm³/mol. The lowest BCUT2D eigenvalue weighted by Crippen LogP contribution is -2.18. The predicted octanol–water partition coefficient (Wildman–Crippen LogP) is 5.73. The number of methoxy groups -OCH3 is 1. The van der Waals surface area contributed by atoms with Gasteiger partial charge in [0.15, 0.2) is 11.5 Å². The van der Waals surface area contributed by atoms with Gasteiger partial charge in [-0.15, -0.1) is 0 Å². The van der Waals surface area contributed by atoms with E-state index < -0.39 is 0 Å². The number of benzene rings is 4. The monoisotopic (exact) mass is 472 g/mol. The molecule has 0 spiro atoms. The Bertz CT molecular complexity index is 1350. The van der Waals surface area contributed by atoms with Crippen LogP contribution in [0.1, 0.15) is 28.4 Å². The second-order valence-electron chi connectivity index (χ2n) is 7.65. The lowest BCUT2D eigenvalue weighted by molar-refractivity contribution is 0.0952. The fourth-order valence-electron chi connectivity index (χ4n) is 3.53. The van der Waals surface area contributed by atoms with Crippen LogP contribution in [0.4, 0.5) is 4.39 Å². The van der Waals surface area contributed by atoms with E-state index in [1.54, 1.807) is 36.4 Å². The van der Waals surface area contributed by atoms with E-state index in [9.17, 15) is 9.18 Å². The Morgan fingerprint density at radius 3 is 2.37 bits per heavy atom. The van der Waals surface area contributed by atoms with E-state index in [1.807, 2.05) is 37.3 Å². The molecule has 4 aromatic carbocycles. The highest BCUT2D eigenvalue weighted by atomic mass is 19.1. The average molecular weight is 473 g/mol. The van der Waals surface area contributed by atoms with Gasteiger partial charge >= 0.3 is 0 Å². The Labute approximate surface area is 202 Å². The molecule has 4 rings (SSSR count). The number of amides is 1. The van der Waals surface area contributed by atoms with E-state index in [4.69, 9.17) is 14.2 Å². The van der Waals surface area contributed by atoms with Crippen molar-refractivity contribution in [1.29, 1.82) is 0 Å². The molecule has 0 aliphatic rings. The van der Waals surface area contributed by atoms with Gasteiger partial charge in [-0.2, -0.15) is 5.10 Å². The van der Waals surface area contributed by atoms with Crippen LogP contribution in [0.25, 0.3) is 10.8 Å². The number of carbonyl (C=O) groups is 1. The minimum Gasteiger partial charge on any atom is -0.496 e. The number of nitrogens with one attached hydrogen (secondary N) is 1. The highest BCUT2D eigenvalue weighted by Crippen LogP contribution is 2.29. The fraction of sp³-hybridized carbons (Fsp3) is 0.143. The normalized spacial score (nSPS) is 10.9. The van der Waals surface area contributed by atoms with Gasteiger partial charge in [0.1, 0.15) is 18.2 Å². The molecular formula is C28H25FN2O4. The maximum Gasteiger partial charge on any atom is 0.275 e. The van der Waals surface area contributed by atoms with E-state index >= 15 is 0 Å². The molecule has 7 heteroatoms. The van der Waals surface area contributed by atoms with Crippen molar-refractivity contribution in [2.24, 2.45) is 5.10 Å². The first-order chi connectivity index (χ1) is 17.1. The number of rotatable bonds is 9. The second-order valence-corrected chi connectivity index (χ2v) is 7.65. The molecule has 4 aromatic rings. The highest BCUT2D eigenvalue weighted by molar-refractivity contribution is 6.02. The maximum absolute atomic E-state index is 13.1. The largest absolute Gasteiger partial charge is 0.496 e. The zero-order valence-corrected chi connectivity index (χ0v) is 19.5. The third kappa shape index (κ3) is 5.95. The first-order valence-electron chi connectivity index (χ1n) is 11.1. The van der Waals surface area contributed by atoms with E-state index in [-0.39, 0.29) is 18.3 Å². The smallest absolute Gasteiger partial charge is 0.275 e. The molecule has 0 saturated carbocycles. The number of hydrazone groups is 1. The molecule has 0 radical (unpaired) electrons. The van der Waals surface area contributed by atoms with Gasteiger partial charge < -0.3 is 14.2 Å². The molecule has 0 heterocycles. The molecular weight excluding hydrogens is 447 g/mol. The van der Waals surface area contributed by atoms with Crippen molar-refractivity contribution in [2.75, 3.05) is 13.7 Å². The summed E-state index contributed by atoms with van der Waals surface area (Å²) in [7, 11) is 1.53. The fourth-order valence-corrected chi connectivity index (χ4v) is 3.53. The van der Waals surface area contributed by atoms with Gasteiger partial charge in [-0.25, -0.2) is 9.82 Å². The lowest BCUT2D eigenvalue weighted by atomic mass is 10.1. The summed E-state index contributed by atoms with van der Waals surface area (Å²) in [5.74, 6) is 0.892. The van der Waals surface area contributed by atoms with Gasteiger partial charge in [0.2, 0.25) is 0 Å². The van der Waals surface area contributed by atoms with Crippen LogP contribution < -0.4 is 19.6 Å². The molecule has 6 nitrogen and oxygen atoms in total. The summed E-state index contributed by atoms with van der Waals surface area (Å²) in [6, 6.07) is 22.8. The first-order valence-corrected chi connectivity index (χ1v) is 11.1. The molecule has 0 atom stereocenters. The van der Waals surface area contributed by atoms with Crippen molar-refractivity contribution in [2.45, 2.75) is 13.5 Å². The molecule has 0 unspecified atom stereocenters. The van der Waals surface area contributed by atoms with Gasteiger partial charge in [-0.3, -0.25) is 4.79 Å². The molecule has 35 heavy (non-hydrogen) atoms. The van der Waals surface area contributed by atoms with E-state index in [0.717, 1.165) is 16.3 Å². The Balaban J connectivity index is 1.45. The molecule has 0 aliphatic carbocycles. The molecule has 0 bridgehead atoms. The second kappa shape index (κ2) is 11.2. The first kappa shape index (κ1) is 23.8. The average Bonchev–Trinajstić information content (AvgIpc) is 2.88. The Hall–Kier alpha value is -4.39. The van der Waals surface area contributed by atoms with Crippen molar-refractivity contribution < 1.29 is 23.4 Å². The van der Waals surface area contributed by atoms with Crippen molar-refractivity contribution in [1.82, 2.24) is 5.43 Å². The summed E-state index contributed by atoms with van der Waals surface area (Å²) in [5.41, 5.74) is 4.50. The van der Waals surface area contributed by atoms with Crippen LogP contribution in [0.2, 0.25) is 0 Å². The molecule has 0 aliphatic heterocycles. The zero-order valence-electron chi connectivity index (χ0n) is 19.5. The SMILES string of the molecule is CCOc1cc(C=NNC(=O)c2cc3ccccc3cc2OC)ccc1OCc1ccc(F)cc1. The Morgan fingerprint density at radius 2 is 1.66 bits per heavy atom. The summed E-state index contributed by atoms with van der Waals surface area (Å²) in [6.07, 6.45) is 1.53. The number of hydrogen-bond donors (Lipinski definition) is 1. The van der Waals surface area contributed by atoms with E-state index in [1.165, 1.54) is 25.5 Å². The summed E-state index contributed by atoms with van der Waals surface area (Å²) in [4.78, 5) is 12.7. The maximum atomic E-state index is 13.1. The number of carbonyl (C=O) groups excluding carboxylic acids is 1. The summed E-state index contributed by atoms with van der Waals surface area (Å²) >= 11 is 0. The molecule has 1 amide bonds. The van der Waals surface area contributed by atoms with Crippen LogP contribution in [0.3, 0.4) is 0 Å². The van der Waals surface area contributed by atoms with Crippen LogP contribution in [-0.2, 0) is 6.61 Å². The third-order valence-electron chi connectivity index (χ3n) is 5.27.